The Bertz CT molecular complexity index is 701. The summed E-state index contributed by atoms with van der Waals surface area (Å²) < 4.78 is 38.1. The van der Waals surface area contributed by atoms with Gasteiger partial charge in [0.05, 0.1) is 5.56 Å². The summed E-state index contributed by atoms with van der Waals surface area (Å²) in [5.41, 5.74) is -0.398. The van der Waals surface area contributed by atoms with E-state index in [9.17, 15) is 18.0 Å². The third-order valence-electron chi connectivity index (χ3n) is 3.31. The van der Waals surface area contributed by atoms with Crippen LogP contribution in [-0.2, 0) is 6.18 Å². The standard InChI is InChI=1S/C17H18F3N3O/c1-2-3-8-21-15-10-12(7-9-22-15)16(24)23-14-6-4-5-13(11-14)17(18,19)20/h4-7,9-11H,2-3,8H2,1H3,(H,21,22)(H,23,24). The van der Waals surface area contributed by atoms with Gasteiger partial charge >= 0.3 is 6.18 Å². The average Bonchev–Trinajstić information content (AvgIpc) is 2.55. The highest BCUT2D eigenvalue weighted by molar-refractivity contribution is 6.04. The molecule has 2 N–H and O–H groups in total. The summed E-state index contributed by atoms with van der Waals surface area (Å²) in [6.07, 6.45) is -0.964. The van der Waals surface area contributed by atoms with Crippen LogP contribution in [0.2, 0.25) is 0 Å². The van der Waals surface area contributed by atoms with Gasteiger partial charge in [0.1, 0.15) is 5.82 Å². The van der Waals surface area contributed by atoms with Gasteiger partial charge in [0.2, 0.25) is 0 Å². The van der Waals surface area contributed by atoms with Crippen LogP contribution in [0.25, 0.3) is 0 Å². The normalized spacial score (nSPS) is 11.2. The number of hydrogen-bond acceptors (Lipinski definition) is 3. The van der Waals surface area contributed by atoms with E-state index in [0.717, 1.165) is 31.5 Å². The van der Waals surface area contributed by atoms with Gasteiger partial charge in [-0.15, -0.1) is 0 Å². The van der Waals surface area contributed by atoms with Crippen molar-refractivity contribution in [3.63, 3.8) is 0 Å². The van der Waals surface area contributed by atoms with E-state index in [1.807, 2.05) is 0 Å². The first kappa shape index (κ1) is 17.8. The highest BCUT2D eigenvalue weighted by Crippen LogP contribution is 2.30. The maximum absolute atomic E-state index is 12.7. The number of nitrogens with one attached hydrogen (secondary N) is 2. The number of carbonyl (C=O) groups is 1. The van der Waals surface area contributed by atoms with Crippen molar-refractivity contribution in [2.45, 2.75) is 25.9 Å². The van der Waals surface area contributed by atoms with E-state index in [4.69, 9.17) is 0 Å². The van der Waals surface area contributed by atoms with Gasteiger partial charge in [0, 0.05) is 24.0 Å². The number of aromatic nitrogens is 1. The van der Waals surface area contributed by atoms with Crippen molar-refractivity contribution in [2.24, 2.45) is 0 Å². The molecule has 1 heterocycles. The van der Waals surface area contributed by atoms with E-state index < -0.39 is 17.6 Å². The minimum atomic E-state index is -4.45. The van der Waals surface area contributed by atoms with E-state index in [1.165, 1.54) is 24.4 Å². The van der Waals surface area contributed by atoms with Gasteiger partial charge in [0.15, 0.2) is 0 Å². The predicted molar refractivity (Wildman–Crippen MR) is 87.0 cm³/mol. The van der Waals surface area contributed by atoms with Crippen LogP contribution in [-0.4, -0.2) is 17.4 Å². The lowest BCUT2D eigenvalue weighted by Crippen LogP contribution is -2.14. The summed E-state index contributed by atoms with van der Waals surface area (Å²) in [4.78, 5) is 16.3. The van der Waals surface area contributed by atoms with Crippen molar-refractivity contribution >= 4 is 17.4 Å². The summed E-state index contributed by atoms with van der Waals surface area (Å²) in [5.74, 6) is 0.0652. The van der Waals surface area contributed by atoms with Gasteiger partial charge in [-0.25, -0.2) is 4.98 Å². The number of nitrogens with zero attached hydrogens (tertiary/aromatic N) is 1. The van der Waals surface area contributed by atoms with E-state index in [0.29, 0.717) is 11.4 Å². The molecule has 0 aliphatic rings. The predicted octanol–water partition coefficient (Wildman–Crippen LogP) is 4.56. The number of amides is 1. The number of hydrogen-bond donors (Lipinski definition) is 2. The van der Waals surface area contributed by atoms with E-state index in [1.54, 1.807) is 6.07 Å². The topological polar surface area (TPSA) is 54.0 Å². The second-order valence-electron chi connectivity index (χ2n) is 5.24. The van der Waals surface area contributed by atoms with Crippen LogP contribution in [0.4, 0.5) is 24.7 Å². The van der Waals surface area contributed by atoms with Crippen molar-refractivity contribution < 1.29 is 18.0 Å². The monoisotopic (exact) mass is 337 g/mol. The number of pyridine rings is 1. The Balaban J connectivity index is 2.08. The lowest BCUT2D eigenvalue weighted by Gasteiger charge is -2.10. The molecule has 0 fully saturated rings. The number of carbonyl (C=O) groups excluding carboxylic acids is 1. The van der Waals surface area contributed by atoms with Crippen molar-refractivity contribution in [1.82, 2.24) is 4.98 Å². The molecule has 0 spiro atoms. The van der Waals surface area contributed by atoms with Gasteiger partial charge in [-0.3, -0.25) is 4.79 Å². The molecule has 24 heavy (non-hydrogen) atoms. The highest BCUT2D eigenvalue weighted by atomic mass is 19.4. The van der Waals surface area contributed by atoms with Crippen molar-refractivity contribution in [2.75, 3.05) is 17.2 Å². The van der Waals surface area contributed by atoms with Gasteiger partial charge in [-0.2, -0.15) is 13.2 Å². The molecular weight excluding hydrogens is 319 g/mol. The molecule has 2 aromatic rings. The third-order valence-corrected chi connectivity index (χ3v) is 3.31. The molecule has 1 amide bonds. The van der Waals surface area contributed by atoms with Crippen LogP contribution in [0.3, 0.4) is 0 Å². The number of anilines is 2. The van der Waals surface area contributed by atoms with Gasteiger partial charge in [-0.05, 0) is 36.8 Å². The van der Waals surface area contributed by atoms with Gasteiger partial charge in [0.25, 0.3) is 5.91 Å². The van der Waals surface area contributed by atoms with Crippen LogP contribution >= 0.6 is 0 Å². The van der Waals surface area contributed by atoms with E-state index in [2.05, 4.69) is 22.5 Å². The van der Waals surface area contributed by atoms with Crippen LogP contribution in [0.15, 0.2) is 42.6 Å². The number of unbranched alkanes of at least 4 members (excludes halogenated alkanes) is 1. The summed E-state index contributed by atoms with van der Waals surface area (Å²) in [7, 11) is 0. The quantitative estimate of drug-likeness (QED) is 0.760. The Hall–Kier alpha value is -2.57. The molecule has 2 rings (SSSR count). The fraction of sp³-hybridized carbons (Fsp3) is 0.294. The SMILES string of the molecule is CCCCNc1cc(C(=O)Nc2cccc(C(F)(F)F)c2)ccn1. The molecule has 1 aromatic carbocycles. The van der Waals surface area contributed by atoms with E-state index in [-0.39, 0.29) is 5.69 Å². The number of benzene rings is 1. The first-order valence-electron chi connectivity index (χ1n) is 7.58. The fourth-order valence-electron chi connectivity index (χ4n) is 2.04. The molecule has 0 saturated heterocycles. The zero-order chi connectivity index (χ0) is 17.6. The Kier molecular flexibility index (Phi) is 5.78. The van der Waals surface area contributed by atoms with Gasteiger partial charge in [-0.1, -0.05) is 19.4 Å². The largest absolute Gasteiger partial charge is 0.416 e. The zero-order valence-corrected chi connectivity index (χ0v) is 13.2. The summed E-state index contributed by atoms with van der Waals surface area (Å²) in [6, 6.07) is 7.60. The molecule has 128 valence electrons. The molecule has 0 radical (unpaired) electrons. The zero-order valence-electron chi connectivity index (χ0n) is 13.2. The third kappa shape index (κ3) is 4.97. The van der Waals surface area contributed by atoms with Crippen molar-refractivity contribution in [3.05, 3.63) is 53.7 Å². The summed E-state index contributed by atoms with van der Waals surface area (Å²) in [6.45, 7) is 2.80. The second kappa shape index (κ2) is 7.81. The first-order chi connectivity index (χ1) is 11.4. The van der Waals surface area contributed by atoms with Gasteiger partial charge < -0.3 is 10.6 Å². The number of halogens is 3. The lowest BCUT2D eigenvalue weighted by atomic mass is 10.2. The molecule has 0 aliphatic carbocycles. The molecule has 0 saturated carbocycles. The minimum Gasteiger partial charge on any atom is -0.370 e. The first-order valence-corrected chi connectivity index (χ1v) is 7.58. The molecule has 0 bridgehead atoms. The smallest absolute Gasteiger partial charge is 0.370 e. The second-order valence-corrected chi connectivity index (χ2v) is 5.24. The molecule has 7 heteroatoms. The molecule has 0 unspecified atom stereocenters. The molecule has 1 aromatic heterocycles. The Labute approximate surface area is 138 Å². The van der Waals surface area contributed by atoms with Crippen molar-refractivity contribution in [1.29, 1.82) is 0 Å². The minimum absolute atomic E-state index is 0.0899. The average molecular weight is 337 g/mol. The molecule has 0 atom stereocenters. The lowest BCUT2D eigenvalue weighted by molar-refractivity contribution is -0.137. The maximum Gasteiger partial charge on any atom is 0.416 e. The van der Waals surface area contributed by atoms with Crippen LogP contribution < -0.4 is 10.6 Å². The van der Waals surface area contributed by atoms with E-state index >= 15 is 0 Å². The Morgan fingerprint density at radius 2 is 2.00 bits per heavy atom. The summed E-state index contributed by atoms with van der Waals surface area (Å²) in [5, 5.41) is 5.56. The molecular formula is C17H18F3N3O. The van der Waals surface area contributed by atoms with Crippen LogP contribution in [0, 0.1) is 0 Å². The fourth-order valence-corrected chi connectivity index (χ4v) is 2.04. The Morgan fingerprint density at radius 3 is 2.71 bits per heavy atom. The Morgan fingerprint density at radius 1 is 1.21 bits per heavy atom. The molecule has 4 nitrogen and oxygen atoms in total. The highest BCUT2D eigenvalue weighted by Gasteiger charge is 2.30. The number of rotatable bonds is 6. The summed E-state index contributed by atoms with van der Waals surface area (Å²) >= 11 is 0. The maximum atomic E-state index is 12.7. The van der Waals surface area contributed by atoms with Crippen LogP contribution in [0.1, 0.15) is 35.7 Å². The molecule has 0 aliphatic heterocycles. The number of alkyl halides is 3. The van der Waals surface area contributed by atoms with Crippen LogP contribution in [0.5, 0.6) is 0 Å². The van der Waals surface area contributed by atoms with Crippen molar-refractivity contribution in [3.8, 4) is 0 Å².